The van der Waals surface area contributed by atoms with Gasteiger partial charge in [-0.15, -0.1) is 0 Å². The van der Waals surface area contributed by atoms with Gasteiger partial charge in [0.1, 0.15) is 0 Å². The van der Waals surface area contributed by atoms with E-state index in [1.807, 2.05) is 6.20 Å². The highest BCUT2D eigenvalue weighted by Crippen LogP contribution is 2.28. The highest BCUT2D eigenvalue weighted by atomic mass is 15.2. The van der Waals surface area contributed by atoms with Crippen molar-refractivity contribution in [3.8, 4) is 0 Å². The molecular weight excluding hydrogens is 222 g/mol. The Labute approximate surface area is 111 Å². The number of nitrogens with zero attached hydrogens (tertiary/aromatic N) is 2. The van der Waals surface area contributed by atoms with Crippen LogP contribution < -0.4 is 10.2 Å². The van der Waals surface area contributed by atoms with E-state index in [4.69, 9.17) is 0 Å². The van der Waals surface area contributed by atoms with Crippen molar-refractivity contribution >= 4 is 5.69 Å². The Kier molecular flexibility index (Phi) is 4.23. The van der Waals surface area contributed by atoms with Crippen LogP contribution in [0.2, 0.25) is 0 Å². The zero-order valence-corrected chi connectivity index (χ0v) is 12.0. The molecule has 1 saturated heterocycles. The molecule has 100 valence electrons. The van der Waals surface area contributed by atoms with Crippen LogP contribution in [0.5, 0.6) is 0 Å². The van der Waals surface area contributed by atoms with Crippen molar-refractivity contribution in [2.45, 2.75) is 59.2 Å². The standard InChI is InChI=1S/C15H25N3/c1-11(2)16-9-14-10-17-12(3)8-15(14)18-7-5-6-13(18)4/h8,10-11,13,16H,5-7,9H2,1-4H3. The summed E-state index contributed by atoms with van der Waals surface area (Å²) in [7, 11) is 0. The Morgan fingerprint density at radius 3 is 2.89 bits per heavy atom. The van der Waals surface area contributed by atoms with Gasteiger partial charge in [-0.05, 0) is 32.8 Å². The molecule has 1 unspecified atom stereocenters. The predicted octanol–water partition coefficient (Wildman–Crippen LogP) is 2.88. The molecule has 0 radical (unpaired) electrons. The van der Waals surface area contributed by atoms with Gasteiger partial charge < -0.3 is 10.2 Å². The van der Waals surface area contributed by atoms with Crippen molar-refractivity contribution in [3.63, 3.8) is 0 Å². The van der Waals surface area contributed by atoms with E-state index >= 15 is 0 Å². The lowest BCUT2D eigenvalue weighted by atomic mass is 10.1. The van der Waals surface area contributed by atoms with Crippen molar-refractivity contribution < 1.29 is 0 Å². The monoisotopic (exact) mass is 247 g/mol. The van der Waals surface area contributed by atoms with E-state index in [1.54, 1.807) is 0 Å². The van der Waals surface area contributed by atoms with E-state index in [0.717, 1.165) is 12.2 Å². The van der Waals surface area contributed by atoms with E-state index < -0.39 is 0 Å². The van der Waals surface area contributed by atoms with Gasteiger partial charge in [-0.3, -0.25) is 4.98 Å². The SMILES string of the molecule is Cc1cc(N2CCCC2C)c(CNC(C)C)cn1. The first kappa shape index (κ1) is 13.3. The molecule has 0 aromatic carbocycles. The van der Waals surface area contributed by atoms with Crippen LogP contribution in [-0.2, 0) is 6.54 Å². The van der Waals surface area contributed by atoms with Crippen molar-refractivity contribution in [2.24, 2.45) is 0 Å². The second kappa shape index (κ2) is 5.70. The minimum Gasteiger partial charge on any atom is -0.368 e. The molecule has 1 aromatic rings. The van der Waals surface area contributed by atoms with E-state index in [0.29, 0.717) is 12.1 Å². The largest absolute Gasteiger partial charge is 0.368 e. The molecule has 1 fully saturated rings. The van der Waals surface area contributed by atoms with Crippen LogP contribution in [0.15, 0.2) is 12.3 Å². The highest BCUT2D eigenvalue weighted by molar-refractivity contribution is 5.55. The summed E-state index contributed by atoms with van der Waals surface area (Å²) < 4.78 is 0. The van der Waals surface area contributed by atoms with Gasteiger partial charge >= 0.3 is 0 Å². The third-order valence-electron chi connectivity index (χ3n) is 3.66. The van der Waals surface area contributed by atoms with Gasteiger partial charge in [-0.25, -0.2) is 0 Å². The third kappa shape index (κ3) is 3.02. The summed E-state index contributed by atoms with van der Waals surface area (Å²) in [6.07, 6.45) is 4.64. The van der Waals surface area contributed by atoms with Crippen molar-refractivity contribution in [1.29, 1.82) is 0 Å². The fourth-order valence-electron chi connectivity index (χ4n) is 2.58. The van der Waals surface area contributed by atoms with Gasteiger partial charge in [0.15, 0.2) is 0 Å². The Morgan fingerprint density at radius 1 is 1.50 bits per heavy atom. The van der Waals surface area contributed by atoms with Gasteiger partial charge in [0.05, 0.1) is 0 Å². The molecule has 0 saturated carbocycles. The zero-order chi connectivity index (χ0) is 13.1. The molecule has 1 aliphatic rings. The molecule has 2 rings (SSSR count). The number of anilines is 1. The number of pyridine rings is 1. The summed E-state index contributed by atoms with van der Waals surface area (Å²) >= 11 is 0. The molecule has 1 atom stereocenters. The van der Waals surface area contributed by atoms with Crippen LogP contribution in [0.25, 0.3) is 0 Å². The van der Waals surface area contributed by atoms with Gasteiger partial charge in [0.2, 0.25) is 0 Å². The molecule has 1 N–H and O–H groups in total. The number of nitrogens with one attached hydrogen (secondary N) is 1. The molecule has 0 aliphatic carbocycles. The average molecular weight is 247 g/mol. The Balaban J connectivity index is 2.22. The molecule has 2 heterocycles. The van der Waals surface area contributed by atoms with Gasteiger partial charge in [-0.1, -0.05) is 13.8 Å². The summed E-state index contributed by atoms with van der Waals surface area (Å²) in [5.74, 6) is 0. The molecule has 3 heteroatoms. The molecule has 0 bridgehead atoms. The number of aryl methyl sites for hydroxylation is 1. The predicted molar refractivity (Wildman–Crippen MR) is 77.0 cm³/mol. The quantitative estimate of drug-likeness (QED) is 0.886. The topological polar surface area (TPSA) is 28.2 Å². The lowest BCUT2D eigenvalue weighted by Gasteiger charge is -2.27. The molecular formula is C15H25N3. The van der Waals surface area contributed by atoms with Crippen LogP contribution >= 0.6 is 0 Å². The molecule has 3 nitrogen and oxygen atoms in total. The fourth-order valence-corrected chi connectivity index (χ4v) is 2.58. The number of rotatable bonds is 4. The average Bonchev–Trinajstić information content (AvgIpc) is 2.73. The van der Waals surface area contributed by atoms with Gasteiger partial charge in [0.25, 0.3) is 0 Å². The second-order valence-electron chi connectivity index (χ2n) is 5.67. The second-order valence-corrected chi connectivity index (χ2v) is 5.67. The van der Waals surface area contributed by atoms with E-state index in [9.17, 15) is 0 Å². The van der Waals surface area contributed by atoms with Gasteiger partial charge in [-0.2, -0.15) is 0 Å². The zero-order valence-electron chi connectivity index (χ0n) is 12.0. The molecule has 18 heavy (non-hydrogen) atoms. The summed E-state index contributed by atoms with van der Waals surface area (Å²) in [6.45, 7) is 10.8. The van der Waals surface area contributed by atoms with Crippen LogP contribution in [0.1, 0.15) is 44.9 Å². The minimum absolute atomic E-state index is 0.509. The maximum absolute atomic E-state index is 4.45. The smallest absolute Gasteiger partial charge is 0.0447 e. The van der Waals surface area contributed by atoms with Crippen LogP contribution in [0, 0.1) is 6.92 Å². The molecule has 1 aromatic heterocycles. The molecule has 1 aliphatic heterocycles. The maximum atomic E-state index is 4.45. The first-order valence-electron chi connectivity index (χ1n) is 7.03. The lowest BCUT2D eigenvalue weighted by Crippen LogP contribution is -2.29. The summed E-state index contributed by atoms with van der Waals surface area (Å²) in [6, 6.07) is 3.40. The Bertz CT molecular complexity index is 401. The Hall–Kier alpha value is -1.09. The van der Waals surface area contributed by atoms with E-state index in [-0.39, 0.29) is 0 Å². The molecule has 0 amide bonds. The Morgan fingerprint density at radius 2 is 2.28 bits per heavy atom. The lowest BCUT2D eigenvalue weighted by molar-refractivity contribution is 0.586. The normalized spacial score (nSPS) is 19.8. The molecule has 0 spiro atoms. The fraction of sp³-hybridized carbons (Fsp3) is 0.667. The third-order valence-corrected chi connectivity index (χ3v) is 3.66. The highest BCUT2D eigenvalue weighted by Gasteiger charge is 2.22. The van der Waals surface area contributed by atoms with Crippen molar-refractivity contribution in [2.75, 3.05) is 11.4 Å². The van der Waals surface area contributed by atoms with Crippen LogP contribution in [-0.4, -0.2) is 23.6 Å². The first-order valence-corrected chi connectivity index (χ1v) is 7.03. The minimum atomic E-state index is 0.509. The number of hydrogen-bond acceptors (Lipinski definition) is 3. The summed E-state index contributed by atoms with van der Waals surface area (Å²) in [5.41, 5.74) is 3.81. The van der Waals surface area contributed by atoms with Crippen LogP contribution in [0.4, 0.5) is 5.69 Å². The van der Waals surface area contributed by atoms with E-state index in [1.165, 1.54) is 30.6 Å². The number of hydrogen-bond donors (Lipinski definition) is 1. The van der Waals surface area contributed by atoms with Gasteiger partial charge in [0, 0.05) is 48.3 Å². The van der Waals surface area contributed by atoms with Crippen LogP contribution in [0.3, 0.4) is 0 Å². The summed E-state index contributed by atoms with van der Waals surface area (Å²) in [4.78, 5) is 6.98. The van der Waals surface area contributed by atoms with E-state index in [2.05, 4.69) is 49.0 Å². The maximum Gasteiger partial charge on any atom is 0.0447 e. The van der Waals surface area contributed by atoms with Crippen molar-refractivity contribution in [1.82, 2.24) is 10.3 Å². The first-order chi connectivity index (χ1) is 8.58. The number of aromatic nitrogens is 1. The van der Waals surface area contributed by atoms with Crippen molar-refractivity contribution in [3.05, 3.63) is 23.5 Å². The summed E-state index contributed by atoms with van der Waals surface area (Å²) in [5, 5.41) is 3.49.